The number of hydrogen-bond donors (Lipinski definition) is 1. The molecule has 0 aliphatic carbocycles. The summed E-state index contributed by atoms with van der Waals surface area (Å²) in [5.74, 6) is 0.761. The number of thiazole rings is 1. The molecule has 4 rings (SSSR count). The molecule has 0 spiro atoms. The molecule has 2 heterocycles. The molecule has 0 amide bonds. The summed E-state index contributed by atoms with van der Waals surface area (Å²) in [6.07, 6.45) is 0. The highest BCUT2D eigenvalue weighted by molar-refractivity contribution is 8.01. The van der Waals surface area contributed by atoms with Crippen molar-refractivity contribution in [2.75, 3.05) is 0 Å². The first-order chi connectivity index (χ1) is 12.4. The van der Waals surface area contributed by atoms with Crippen LogP contribution in [-0.4, -0.2) is 20.2 Å². The van der Waals surface area contributed by atoms with E-state index in [0.717, 1.165) is 25.9 Å². The van der Waals surface area contributed by atoms with E-state index in [1.165, 1.54) is 17.3 Å². The van der Waals surface area contributed by atoms with Crippen LogP contribution in [0.4, 0.5) is 0 Å². The summed E-state index contributed by atoms with van der Waals surface area (Å²) in [6.45, 7) is 6.61. The van der Waals surface area contributed by atoms with E-state index in [0.29, 0.717) is 10.2 Å². The lowest BCUT2D eigenvalue weighted by Crippen LogP contribution is -2.10. The van der Waals surface area contributed by atoms with E-state index in [2.05, 4.69) is 65.2 Å². The maximum absolute atomic E-state index is 6.03. The highest BCUT2D eigenvalue weighted by Gasteiger charge is 2.15. The van der Waals surface area contributed by atoms with Crippen molar-refractivity contribution in [2.24, 2.45) is 0 Å². The molecule has 4 nitrogen and oxygen atoms in total. The van der Waals surface area contributed by atoms with Crippen molar-refractivity contribution < 1.29 is 0 Å². The average Bonchev–Trinajstić information content (AvgIpc) is 3.20. The zero-order valence-corrected chi connectivity index (χ0v) is 17.0. The molecule has 1 N–H and O–H groups in total. The lowest BCUT2D eigenvalue weighted by Gasteiger charge is -2.18. The first-order valence-electron chi connectivity index (χ1n) is 8.16. The highest BCUT2D eigenvalue weighted by Crippen LogP contribution is 2.34. The Bertz CT molecular complexity index is 1060. The topological polar surface area (TPSA) is 54.5 Å². The predicted octanol–water partition coefficient (Wildman–Crippen LogP) is 6.18. The fourth-order valence-electron chi connectivity index (χ4n) is 2.55. The number of hydrogen-bond acceptors (Lipinski definition) is 5. The summed E-state index contributed by atoms with van der Waals surface area (Å²) in [4.78, 5) is 9.18. The Morgan fingerprint density at radius 3 is 2.54 bits per heavy atom. The van der Waals surface area contributed by atoms with Gasteiger partial charge in [-0.2, -0.15) is 0 Å². The zero-order chi connectivity index (χ0) is 18.3. The number of halogens is 1. The Balaban J connectivity index is 1.55. The molecular formula is C19H17ClN4S2. The molecule has 4 aromatic rings. The molecule has 132 valence electrons. The minimum Gasteiger partial charge on any atom is -0.258 e. The van der Waals surface area contributed by atoms with Crippen LogP contribution in [0, 0.1) is 0 Å². The molecule has 0 unspecified atom stereocenters. The van der Waals surface area contributed by atoms with Gasteiger partial charge in [-0.25, -0.2) is 9.97 Å². The van der Waals surface area contributed by atoms with Crippen molar-refractivity contribution in [3.05, 3.63) is 53.1 Å². The third kappa shape index (κ3) is 3.63. The summed E-state index contributed by atoms with van der Waals surface area (Å²) in [7, 11) is 0. The van der Waals surface area contributed by atoms with E-state index in [1.807, 2.05) is 18.2 Å². The minimum atomic E-state index is 0.136. The van der Waals surface area contributed by atoms with Crippen LogP contribution in [0.3, 0.4) is 0 Å². The van der Waals surface area contributed by atoms with Gasteiger partial charge >= 0.3 is 0 Å². The zero-order valence-electron chi connectivity index (χ0n) is 14.6. The minimum absolute atomic E-state index is 0.136. The van der Waals surface area contributed by atoms with Crippen LogP contribution in [0.15, 0.2) is 52.0 Å². The van der Waals surface area contributed by atoms with Gasteiger partial charge in [-0.05, 0) is 40.9 Å². The van der Waals surface area contributed by atoms with E-state index in [4.69, 9.17) is 11.6 Å². The number of rotatable bonds is 3. The number of aromatic nitrogens is 4. The van der Waals surface area contributed by atoms with Crippen molar-refractivity contribution in [1.29, 1.82) is 0 Å². The summed E-state index contributed by atoms with van der Waals surface area (Å²) < 4.78 is 2.00. The van der Waals surface area contributed by atoms with Crippen molar-refractivity contribution in [2.45, 2.75) is 35.7 Å². The van der Waals surface area contributed by atoms with Gasteiger partial charge in [0.1, 0.15) is 0 Å². The number of fused-ring (bicyclic) bond motifs is 1. The SMILES string of the molecule is CC(C)(C)c1ccc(-c2nc(Sc3nc4cc(Cl)ccc4s3)n[nH]2)cc1. The van der Waals surface area contributed by atoms with E-state index in [1.54, 1.807) is 11.3 Å². The molecule has 0 fully saturated rings. The second-order valence-electron chi connectivity index (χ2n) is 6.99. The Morgan fingerprint density at radius 1 is 1.04 bits per heavy atom. The molecule has 0 saturated heterocycles. The molecule has 26 heavy (non-hydrogen) atoms. The Hall–Kier alpha value is -1.89. The van der Waals surface area contributed by atoms with Crippen LogP contribution in [-0.2, 0) is 5.41 Å². The fourth-order valence-corrected chi connectivity index (χ4v) is 4.58. The quantitative estimate of drug-likeness (QED) is 0.445. The summed E-state index contributed by atoms with van der Waals surface area (Å²) in [6, 6.07) is 14.2. The number of nitrogens with zero attached hydrogens (tertiary/aromatic N) is 3. The van der Waals surface area contributed by atoms with Gasteiger partial charge in [0.25, 0.3) is 0 Å². The molecule has 2 aromatic carbocycles. The third-order valence-corrected chi connectivity index (χ3v) is 6.20. The largest absolute Gasteiger partial charge is 0.258 e. The maximum Gasteiger partial charge on any atom is 0.215 e. The van der Waals surface area contributed by atoms with Crippen LogP contribution in [0.25, 0.3) is 21.6 Å². The van der Waals surface area contributed by atoms with Gasteiger partial charge in [0.2, 0.25) is 5.16 Å². The fraction of sp³-hybridized carbons (Fsp3) is 0.211. The van der Waals surface area contributed by atoms with E-state index in [9.17, 15) is 0 Å². The molecule has 2 aromatic heterocycles. The number of benzene rings is 2. The summed E-state index contributed by atoms with van der Waals surface area (Å²) >= 11 is 9.09. The molecule has 7 heteroatoms. The Labute approximate surface area is 165 Å². The molecule has 0 aliphatic rings. The van der Waals surface area contributed by atoms with Crippen molar-refractivity contribution in [3.8, 4) is 11.4 Å². The van der Waals surface area contributed by atoms with Gasteiger partial charge in [0.15, 0.2) is 10.2 Å². The second kappa shape index (κ2) is 6.68. The summed E-state index contributed by atoms with van der Waals surface area (Å²) in [5, 5.41) is 8.68. The first kappa shape index (κ1) is 17.5. The third-order valence-electron chi connectivity index (χ3n) is 4.00. The van der Waals surface area contributed by atoms with Crippen LogP contribution in [0.2, 0.25) is 5.02 Å². The Morgan fingerprint density at radius 2 is 1.81 bits per heavy atom. The first-order valence-corrected chi connectivity index (χ1v) is 10.2. The Kier molecular flexibility index (Phi) is 4.50. The normalized spacial score (nSPS) is 12.0. The number of nitrogens with one attached hydrogen (secondary N) is 1. The van der Waals surface area contributed by atoms with Gasteiger partial charge in [0.05, 0.1) is 10.2 Å². The second-order valence-corrected chi connectivity index (χ2v) is 9.67. The van der Waals surface area contributed by atoms with Gasteiger partial charge in [0, 0.05) is 10.6 Å². The molecule has 0 bridgehead atoms. The predicted molar refractivity (Wildman–Crippen MR) is 109 cm³/mol. The monoisotopic (exact) mass is 400 g/mol. The van der Waals surface area contributed by atoms with Gasteiger partial charge in [-0.3, -0.25) is 5.10 Å². The van der Waals surface area contributed by atoms with Crippen molar-refractivity contribution in [3.63, 3.8) is 0 Å². The van der Waals surface area contributed by atoms with Crippen LogP contribution < -0.4 is 0 Å². The van der Waals surface area contributed by atoms with Gasteiger partial charge in [-0.1, -0.05) is 56.6 Å². The van der Waals surface area contributed by atoms with Gasteiger partial charge in [-0.15, -0.1) is 16.4 Å². The molecule has 0 aliphatic heterocycles. The number of aromatic amines is 1. The van der Waals surface area contributed by atoms with Crippen molar-refractivity contribution in [1.82, 2.24) is 20.2 Å². The van der Waals surface area contributed by atoms with E-state index >= 15 is 0 Å². The maximum atomic E-state index is 6.03. The van der Waals surface area contributed by atoms with Crippen LogP contribution >= 0.6 is 34.7 Å². The lowest BCUT2D eigenvalue weighted by molar-refractivity contribution is 0.590. The van der Waals surface area contributed by atoms with Crippen LogP contribution in [0.5, 0.6) is 0 Å². The molecule has 0 saturated carbocycles. The molecular weight excluding hydrogens is 384 g/mol. The molecule has 0 atom stereocenters. The van der Waals surface area contributed by atoms with E-state index in [-0.39, 0.29) is 5.41 Å². The van der Waals surface area contributed by atoms with Crippen molar-refractivity contribution >= 4 is 44.9 Å². The van der Waals surface area contributed by atoms with Gasteiger partial charge < -0.3 is 0 Å². The smallest absolute Gasteiger partial charge is 0.215 e. The average molecular weight is 401 g/mol. The lowest BCUT2D eigenvalue weighted by atomic mass is 9.87. The standard InChI is InChI=1S/C19H17ClN4S2/c1-19(2,3)12-6-4-11(5-7-12)16-22-17(24-23-16)26-18-21-14-10-13(20)8-9-15(14)25-18/h4-10H,1-3H3,(H,22,23,24). The highest BCUT2D eigenvalue weighted by atomic mass is 35.5. The molecule has 0 radical (unpaired) electrons. The van der Waals surface area contributed by atoms with Crippen LogP contribution in [0.1, 0.15) is 26.3 Å². The summed E-state index contributed by atoms with van der Waals surface area (Å²) in [5.41, 5.74) is 3.35. The number of H-pyrrole nitrogens is 1. The van der Waals surface area contributed by atoms with E-state index < -0.39 is 0 Å².